The minimum Gasteiger partial charge on any atom is -0.379 e. The summed E-state index contributed by atoms with van der Waals surface area (Å²) >= 11 is 6.40. The van der Waals surface area contributed by atoms with Crippen molar-refractivity contribution in [3.8, 4) is 0 Å². The number of benzene rings is 1. The lowest BCUT2D eigenvalue weighted by Crippen LogP contribution is -2.53. The van der Waals surface area contributed by atoms with Crippen LogP contribution in [0.4, 0.5) is 0 Å². The number of hydrogen-bond acceptors (Lipinski definition) is 2. The smallest absolute Gasteiger partial charge is 0.0797 e. The van der Waals surface area contributed by atoms with Crippen molar-refractivity contribution >= 4 is 11.6 Å². The number of hydrogen-bond donors (Lipinski definition) is 0. The second kappa shape index (κ2) is 5.60. The van der Waals surface area contributed by atoms with Gasteiger partial charge in [-0.15, -0.1) is 0 Å². The van der Waals surface area contributed by atoms with Crippen LogP contribution < -0.4 is 0 Å². The van der Waals surface area contributed by atoms with Gasteiger partial charge in [-0.2, -0.15) is 0 Å². The summed E-state index contributed by atoms with van der Waals surface area (Å²) in [5, 5.41) is 0.595. The molecule has 1 aliphatic carbocycles. The highest BCUT2D eigenvalue weighted by Crippen LogP contribution is 2.44. The second-order valence-electron chi connectivity index (χ2n) is 4.93. The highest BCUT2D eigenvalue weighted by atomic mass is 35.5. The molecule has 1 unspecified atom stereocenters. The molecule has 18 heavy (non-hydrogen) atoms. The fourth-order valence-corrected chi connectivity index (χ4v) is 3.42. The fraction of sp³-hybridized carbons (Fsp3) is 0.600. The molecule has 0 amide bonds. The molecule has 0 bridgehead atoms. The van der Waals surface area contributed by atoms with Gasteiger partial charge < -0.3 is 4.74 Å². The van der Waals surface area contributed by atoms with E-state index in [0.29, 0.717) is 5.02 Å². The van der Waals surface area contributed by atoms with Gasteiger partial charge in [-0.3, -0.25) is 4.90 Å². The van der Waals surface area contributed by atoms with Crippen LogP contribution in [0.1, 0.15) is 35.4 Å². The van der Waals surface area contributed by atoms with E-state index in [-0.39, 0.29) is 6.10 Å². The van der Waals surface area contributed by atoms with Gasteiger partial charge in [0.05, 0.1) is 11.6 Å². The average Bonchev–Trinajstić information content (AvgIpc) is 2.45. The summed E-state index contributed by atoms with van der Waals surface area (Å²) in [5.74, 6) is 0. The summed E-state index contributed by atoms with van der Waals surface area (Å²) < 4.78 is 29.2. The molecule has 1 aromatic rings. The Bertz CT molecular complexity index is 494. The summed E-state index contributed by atoms with van der Waals surface area (Å²) in [5.41, 5.74) is 0.133. The van der Waals surface area contributed by atoms with Gasteiger partial charge >= 0.3 is 0 Å². The van der Waals surface area contributed by atoms with Crippen LogP contribution in [0.2, 0.25) is 5.02 Å². The van der Waals surface area contributed by atoms with E-state index in [1.807, 2.05) is 24.3 Å². The van der Waals surface area contributed by atoms with Crippen LogP contribution in [0.3, 0.4) is 0 Å². The molecule has 1 aliphatic rings. The number of methoxy groups -OCH3 is 1. The summed E-state index contributed by atoms with van der Waals surface area (Å²) in [7, 11) is 3.29. The largest absolute Gasteiger partial charge is 0.379 e. The minimum atomic E-state index is -2.20. The van der Waals surface area contributed by atoms with Crippen molar-refractivity contribution in [1.82, 2.24) is 4.90 Å². The first-order valence-electron chi connectivity index (χ1n) is 7.86. The van der Waals surface area contributed by atoms with E-state index in [1.165, 1.54) is 4.90 Å². The average molecular weight is 271 g/mol. The minimum absolute atomic E-state index is 0.184. The lowest BCUT2D eigenvalue weighted by Gasteiger charge is -2.48. The molecule has 0 heterocycles. The number of nitrogens with zero attached hydrogens (tertiary/aromatic N) is 1. The second-order valence-corrected chi connectivity index (χ2v) is 5.34. The SMILES string of the molecule is [2H]C([2H])([2H])N(C)[C@]1(c2ccccc2Cl)CCCCC1OC. The molecule has 100 valence electrons. The van der Waals surface area contributed by atoms with Gasteiger partial charge in [-0.25, -0.2) is 0 Å². The number of rotatable bonds is 3. The molecule has 1 saturated carbocycles. The Morgan fingerprint density at radius 3 is 2.89 bits per heavy atom. The standard InChI is InChI=1S/C15H22ClNO/c1-17(2)15(11-7-6-10-14(15)18-3)12-8-4-5-9-13(12)16/h4-5,8-9,14H,6-7,10-11H2,1-3H3/t14?,15-/m0/s1/i1D3. The summed E-state index contributed by atoms with van der Waals surface area (Å²) in [6.45, 7) is -2.20. The van der Waals surface area contributed by atoms with Crippen molar-refractivity contribution in [2.75, 3.05) is 21.1 Å². The van der Waals surface area contributed by atoms with Crippen molar-refractivity contribution in [3.05, 3.63) is 34.9 Å². The molecule has 3 heteroatoms. The molecular weight excluding hydrogens is 246 g/mol. The number of halogens is 1. The van der Waals surface area contributed by atoms with Gasteiger partial charge in [0, 0.05) is 16.2 Å². The molecule has 2 nitrogen and oxygen atoms in total. The van der Waals surface area contributed by atoms with E-state index >= 15 is 0 Å². The molecule has 2 rings (SSSR count). The van der Waals surface area contributed by atoms with Gasteiger partial charge in [0.1, 0.15) is 0 Å². The first kappa shape index (κ1) is 10.2. The maximum absolute atomic E-state index is 7.84. The maximum atomic E-state index is 7.84. The molecule has 1 fully saturated rings. The Labute approximate surface area is 119 Å². The maximum Gasteiger partial charge on any atom is 0.0797 e. The van der Waals surface area contributed by atoms with Gasteiger partial charge in [0.15, 0.2) is 0 Å². The van der Waals surface area contributed by atoms with E-state index in [4.69, 9.17) is 20.5 Å². The van der Waals surface area contributed by atoms with Gasteiger partial charge in [0.25, 0.3) is 0 Å². The van der Waals surface area contributed by atoms with Crippen LogP contribution in [0.5, 0.6) is 0 Å². The molecule has 0 N–H and O–H groups in total. The third-order valence-electron chi connectivity index (χ3n) is 4.03. The van der Waals surface area contributed by atoms with Crippen molar-refractivity contribution in [2.45, 2.75) is 37.3 Å². The normalized spacial score (nSPS) is 31.8. The zero-order chi connectivity index (χ0) is 15.7. The van der Waals surface area contributed by atoms with E-state index in [2.05, 4.69) is 0 Å². The Morgan fingerprint density at radius 2 is 2.22 bits per heavy atom. The van der Waals surface area contributed by atoms with Crippen LogP contribution in [0, 0.1) is 0 Å². The Morgan fingerprint density at radius 1 is 1.44 bits per heavy atom. The van der Waals surface area contributed by atoms with Crippen molar-refractivity contribution in [3.63, 3.8) is 0 Å². The Hall–Kier alpha value is -0.570. The molecule has 0 saturated heterocycles. The van der Waals surface area contributed by atoms with Crippen molar-refractivity contribution in [2.24, 2.45) is 0 Å². The topological polar surface area (TPSA) is 12.5 Å². The molecule has 2 atom stereocenters. The van der Waals surface area contributed by atoms with Crippen LogP contribution in [0.15, 0.2) is 24.3 Å². The lowest BCUT2D eigenvalue weighted by molar-refractivity contribution is -0.0658. The third kappa shape index (κ3) is 2.18. The third-order valence-corrected chi connectivity index (χ3v) is 4.36. The zero-order valence-electron chi connectivity index (χ0n) is 13.9. The molecule has 1 aromatic carbocycles. The van der Waals surface area contributed by atoms with Gasteiger partial charge in [-0.1, -0.05) is 42.6 Å². The molecule has 0 aromatic heterocycles. The quantitative estimate of drug-likeness (QED) is 0.831. The fourth-order valence-electron chi connectivity index (χ4n) is 3.12. The van der Waals surface area contributed by atoms with E-state index in [0.717, 1.165) is 31.2 Å². The van der Waals surface area contributed by atoms with Crippen LogP contribution in [-0.2, 0) is 10.3 Å². The summed E-state index contributed by atoms with van der Waals surface area (Å²) in [6, 6.07) is 7.49. The number of likely N-dealkylation sites (N-methyl/N-ethyl adjacent to an activating group) is 1. The van der Waals surface area contributed by atoms with Crippen LogP contribution in [-0.4, -0.2) is 32.1 Å². The highest BCUT2D eigenvalue weighted by Gasteiger charge is 2.45. The van der Waals surface area contributed by atoms with Gasteiger partial charge in [0.2, 0.25) is 0 Å². The molecular formula is C15H22ClNO. The van der Waals surface area contributed by atoms with E-state index in [1.54, 1.807) is 14.2 Å². The zero-order valence-corrected chi connectivity index (χ0v) is 11.7. The summed E-state index contributed by atoms with van der Waals surface area (Å²) in [6.07, 6.45) is 3.38. The Kier molecular flexibility index (Phi) is 3.19. The van der Waals surface area contributed by atoms with Crippen LogP contribution >= 0.6 is 11.6 Å². The van der Waals surface area contributed by atoms with Crippen molar-refractivity contribution < 1.29 is 8.85 Å². The molecule has 0 aliphatic heterocycles. The van der Waals surface area contributed by atoms with E-state index < -0.39 is 12.5 Å². The van der Waals surface area contributed by atoms with E-state index in [9.17, 15) is 0 Å². The Balaban J connectivity index is 2.61. The highest BCUT2D eigenvalue weighted by molar-refractivity contribution is 6.31. The summed E-state index contributed by atoms with van der Waals surface area (Å²) in [4.78, 5) is 1.47. The monoisotopic (exact) mass is 270 g/mol. The first-order valence-corrected chi connectivity index (χ1v) is 6.73. The number of ether oxygens (including phenoxy) is 1. The first-order chi connectivity index (χ1) is 9.84. The predicted octanol–water partition coefficient (Wildman–Crippen LogP) is 3.69. The van der Waals surface area contributed by atoms with Crippen molar-refractivity contribution in [1.29, 1.82) is 0 Å². The molecule has 0 spiro atoms. The van der Waals surface area contributed by atoms with Gasteiger partial charge in [-0.05, 0) is 38.5 Å². The predicted molar refractivity (Wildman–Crippen MR) is 76.1 cm³/mol. The molecule has 0 radical (unpaired) electrons. The van der Waals surface area contributed by atoms with Crippen LogP contribution in [0.25, 0.3) is 0 Å². The lowest BCUT2D eigenvalue weighted by atomic mass is 9.73.